The Morgan fingerprint density at radius 3 is 2.89 bits per heavy atom. The van der Waals surface area contributed by atoms with Gasteiger partial charge in [-0.1, -0.05) is 0 Å². The third-order valence-corrected chi connectivity index (χ3v) is 4.73. The summed E-state index contributed by atoms with van der Waals surface area (Å²) in [5.74, 6) is 1.25. The SMILES string of the molecule is CCNC(=NCCN1C(=O)CNC1=O)N1CCC(Cc2cnn(C)c2)C1.I. The van der Waals surface area contributed by atoms with E-state index in [-0.39, 0.29) is 42.5 Å². The highest BCUT2D eigenvalue weighted by atomic mass is 127. The van der Waals surface area contributed by atoms with Gasteiger partial charge in [0, 0.05) is 32.9 Å². The molecule has 10 heteroatoms. The minimum absolute atomic E-state index is 0. The van der Waals surface area contributed by atoms with E-state index in [1.165, 1.54) is 10.5 Å². The monoisotopic (exact) mass is 489 g/mol. The predicted octanol–water partition coefficient (Wildman–Crippen LogP) is 0.420. The maximum atomic E-state index is 11.6. The summed E-state index contributed by atoms with van der Waals surface area (Å²) in [6.07, 6.45) is 6.14. The molecule has 2 N–H and O–H groups in total. The molecule has 0 saturated carbocycles. The first-order valence-corrected chi connectivity index (χ1v) is 9.15. The van der Waals surface area contributed by atoms with Crippen LogP contribution in [0, 0.1) is 5.92 Å². The summed E-state index contributed by atoms with van der Waals surface area (Å²) in [6.45, 7) is 5.54. The molecule has 0 bridgehead atoms. The molecule has 3 amide bonds. The number of aromatic nitrogens is 2. The fourth-order valence-electron chi connectivity index (χ4n) is 3.47. The number of halogens is 1. The number of hydrogen-bond donors (Lipinski definition) is 2. The molecule has 0 aromatic carbocycles. The fraction of sp³-hybridized carbons (Fsp3) is 0.647. The van der Waals surface area contributed by atoms with Crippen LogP contribution in [0.3, 0.4) is 0 Å². The molecule has 2 aliphatic rings. The Bertz CT molecular complexity index is 675. The number of nitrogens with one attached hydrogen (secondary N) is 2. The number of urea groups is 1. The lowest BCUT2D eigenvalue weighted by Gasteiger charge is -2.22. The Balaban J connectivity index is 0.00000261. The molecular weight excluding hydrogens is 461 g/mol. The molecule has 1 unspecified atom stereocenters. The van der Waals surface area contributed by atoms with Crippen molar-refractivity contribution in [3.8, 4) is 0 Å². The van der Waals surface area contributed by atoms with E-state index in [2.05, 4.69) is 31.8 Å². The van der Waals surface area contributed by atoms with Crippen molar-refractivity contribution < 1.29 is 9.59 Å². The van der Waals surface area contributed by atoms with Crippen LogP contribution in [0.2, 0.25) is 0 Å². The molecule has 1 aromatic heterocycles. The van der Waals surface area contributed by atoms with Crippen molar-refractivity contribution in [3.05, 3.63) is 18.0 Å². The second-order valence-corrected chi connectivity index (χ2v) is 6.77. The summed E-state index contributed by atoms with van der Waals surface area (Å²) in [5.41, 5.74) is 1.26. The van der Waals surface area contributed by atoms with Gasteiger partial charge in [-0.15, -0.1) is 24.0 Å². The Hall–Kier alpha value is -1.85. The van der Waals surface area contributed by atoms with Crippen LogP contribution in [-0.4, -0.2) is 76.7 Å². The first-order chi connectivity index (χ1) is 12.6. The van der Waals surface area contributed by atoms with Gasteiger partial charge in [0.2, 0.25) is 5.91 Å². The molecule has 3 rings (SSSR count). The van der Waals surface area contributed by atoms with Crippen LogP contribution >= 0.6 is 24.0 Å². The molecule has 1 atom stereocenters. The first kappa shape index (κ1) is 21.5. The lowest BCUT2D eigenvalue weighted by molar-refractivity contribution is -0.124. The van der Waals surface area contributed by atoms with Gasteiger partial charge in [0.1, 0.15) is 0 Å². The van der Waals surface area contributed by atoms with Crippen LogP contribution in [0.4, 0.5) is 4.79 Å². The number of hydrogen-bond acceptors (Lipinski definition) is 4. The standard InChI is InChI=1S/C17H27N7O2.HI/c1-3-18-16(19-5-7-24-15(25)10-20-17(24)26)23-6-4-13(12-23)8-14-9-21-22(2)11-14;/h9,11,13H,3-8,10,12H2,1-2H3,(H,18,19)(H,20,26);1H. The smallest absolute Gasteiger partial charge is 0.324 e. The Kier molecular flexibility index (Phi) is 7.87. The zero-order valence-electron chi connectivity index (χ0n) is 15.8. The second kappa shape index (κ2) is 9.90. The van der Waals surface area contributed by atoms with Gasteiger partial charge >= 0.3 is 6.03 Å². The molecule has 3 heterocycles. The number of amides is 3. The lowest BCUT2D eigenvalue weighted by atomic mass is 10.0. The summed E-state index contributed by atoms with van der Waals surface area (Å²) >= 11 is 0. The fourth-order valence-corrected chi connectivity index (χ4v) is 3.47. The number of aliphatic imine (C=N–C) groups is 1. The van der Waals surface area contributed by atoms with Gasteiger partial charge in [0.15, 0.2) is 5.96 Å². The van der Waals surface area contributed by atoms with E-state index in [1.807, 2.05) is 24.9 Å². The van der Waals surface area contributed by atoms with E-state index in [4.69, 9.17) is 0 Å². The molecule has 2 saturated heterocycles. The number of rotatable bonds is 6. The van der Waals surface area contributed by atoms with Crippen LogP contribution < -0.4 is 10.6 Å². The third kappa shape index (κ3) is 5.56. The molecule has 150 valence electrons. The van der Waals surface area contributed by atoms with Gasteiger partial charge in [-0.25, -0.2) is 4.79 Å². The van der Waals surface area contributed by atoms with E-state index in [0.29, 0.717) is 19.0 Å². The third-order valence-electron chi connectivity index (χ3n) is 4.73. The number of imide groups is 1. The molecular formula is C17H28IN7O2. The predicted molar refractivity (Wildman–Crippen MR) is 113 cm³/mol. The van der Waals surface area contributed by atoms with Crippen molar-refractivity contribution in [2.45, 2.75) is 19.8 Å². The van der Waals surface area contributed by atoms with Gasteiger partial charge in [0.05, 0.1) is 25.8 Å². The van der Waals surface area contributed by atoms with Gasteiger partial charge < -0.3 is 15.5 Å². The molecule has 2 fully saturated rings. The van der Waals surface area contributed by atoms with E-state index in [0.717, 1.165) is 38.4 Å². The number of carbonyl (C=O) groups is 2. The number of nitrogens with zero attached hydrogens (tertiary/aromatic N) is 5. The summed E-state index contributed by atoms with van der Waals surface area (Å²) in [7, 11) is 1.94. The van der Waals surface area contributed by atoms with Crippen molar-refractivity contribution in [1.82, 2.24) is 30.2 Å². The van der Waals surface area contributed by atoms with Crippen molar-refractivity contribution >= 4 is 41.9 Å². The first-order valence-electron chi connectivity index (χ1n) is 9.15. The van der Waals surface area contributed by atoms with Crippen molar-refractivity contribution in [1.29, 1.82) is 0 Å². The zero-order valence-corrected chi connectivity index (χ0v) is 18.2. The van der Waals surface area contributed by atoms with Gasteiger partial charge in [-0.2, -0.15) is 5.10 Å². The molecule has 1 aromatic rings. The van der Waals surface area contributed by atoms with E-state index >= 15 is 0 Å². The maximum Gasteiger partial charge on any atom is 0.324 e. The van der Waals surface area contributed by atoms with Crippen LogP contribution in [0.25, 0.3) is 0 Å². The molecule has 2 aliphatic heterocycles. The summed E-state index contributed by atoms with van der Waals surface area (Å²) in [4.78, 5) is 31.3. The van der Waals surface area contributed by atoms with Gasteiger partial charge in [0.25, 0.3) is 0 Å². The maximum absolute atomic E-state index is 11.6. The molecule has 0 spiro atoms. The summed E-state index contributed by atoms with van der Waals surface area (Å²) < 4.78 is 1.84. The Morgan fingerprint density at radius 2 is 2.26 bits per heavy atom. The van der Waals surface area contributed by atoms with E-state index in [9.17, 15) is 9.59 Å². The van der Waals surface area contributed by atoms with Gasteiger partial charge in [-0.05, 0) is 31.2 Å². The number of aryl methyl sites for hydroxylation is 1. The van der Waals surface area contributed by atoms with Crippen molar-refractivity contribution in [2.75, 3.05) is 39.3 Å². The Labute approximate surface area is 176 Å². The Morgan fingerprint density at radius 1 is 1.44 bits per heavy atom. The zero-order chi connectivity index (χ0) is 18.5. The van der Waals surface area contributed by atoms with Crippen LogP contribution in [0.1, 0.15) is 18.9 Å². The quantitative estimate of drug-likeness (QED) is 0.262. The summed E-state index contributed by atoms with van der Waals surface area (Å²) in [6, 6.07) is -0.326. The number of guanidine groups is 1. The highest BCUT2D eigenvalue weighted by Gasteiger charge is 2.28. The van der Waals surface area contributed by atoms with Gasteiger partial charge in [-0.3, -0.25) is 19.4 Å². The summed E-state index contributed by atoms with van der Waals surface area (Å²) in [5, 5.41) is 10.1. The highest BCUT2D eigenvalue weighted by Crippen LogP contribution is 2.20. The molecule has 0 radical (unpaired) electrons. The molecule has 0 aliphatic carbocycles. The largest absolute Gasteiger partial charge is 0.357 e. The van der Waals surface area contributed by atoms with E-state index < -0.39 is 0 Å². The molecule has 27 heavy (non-hydrogen) atoms. The van der Waals surface area contributed by atoms with Crippen LogP contribution in [0.5, 0.6) is 0 Å². The minimum atomic E-state index is -0.326. The van der Waals surface area contributed by atoms with Crippen LogP contribution in [-0.2, 0) is 18.3 Å². The minimum Gasteiger partial charge on any atom is -0.357 e. The number of carbonyl (C=O) groups excluding carboxylic acids is 2. The average molecular weight is 489 g/mol. The van der Waals surface area contributed by atoms with Crippen LogP contribution in [0.15, 0.2) is 17.4 Å². The van der Waals surface area contributed by atoms with E-state index in [1.54, 1.807) is 0 Å². The topological polar surface area (TPSA) is 94.9 Å². The molecule has 9 nitrogen and oxygen atoms in total. The highest BCUT2D eigenvalue weighted by molar-refractivity contribution is 14.0. The lowest BCUT2D eigenvalue weighted by Crippen LogP contribution is -2.41. The number of likely N-dealkylation sites (tertiary alicyclic amines) is 1. The van der Waals surface area contributed by atoms with Crippen molar-refractivity contribution in [3.63, 3.8) is 0 Å². The average Bonchev–Trinajstić information content (AvgIpc) is 3.31. The second-order valence-electron chi connectivity index (χ2n) is 6.77. The van der Waals surface area contributed by atoms with Crippen molar-refractivity contribution in [2.24, 2.45) is 18.0 Å². The normalized spacial score (nSPS) is 20.1.